The highest BCUT2D eigenvalue weighted by Gasteiger charge is 2.31. The first-order chi connectivity index (χ1) is 11.1. The van der Waals surface area contributed by atoms with Gasteiger partial charge in [0.25, 0.3) is 0 Å². The molecule has 2 rings (SSSR count). The van der Waals surface area contributed by atoms with Gasteiger partial charge in [0, 0.05) is 24.9 Å². The van der Waals surface area contributed by atoms with Crippen molar-refractivity contribution in [3.8, 4) is 11.3 Å². The van der Waals surface area contributed by atoms with E-state index < -0.39 is 27.4 Å². The van der Waals surface area contributed by atoms with E-state index in [2.05, 4.69) is 9.97 Å². The third-order valence-corrected chi connectivity index (χ3v) is 5.03. The summed E-state index contributed by atoms with van der Waals surface area (Å²) in [5, 5.41) is 0. The molecule has 9 heteroatoms. The van der Waals surface area contributed by atoms with Crippen LogP contribution in [0, 0.1) is 0 Å². The fraction of sp³-hybridized carbons (Fsp3) is 0.267. The van der Waals surface area contributed by atoms with Crippen molar-refractivity contribution >= 4 is 15.6 Å². The van der Waals surface area contributed by atoms with E-state index in [4.69, 9.17) is 0 Å². The van der Waals surface area contributed by atoms with Crippen LogP contribution in [0.25, 0.3) is 11.3 Å². The molecule has 0 atom stereocenters. The summed E-state index contributed by atoms with van der Waals surface area (Å²) < 4.78 is 62.7. The monoisotopic (exact) mass is 358 g/mol. The summed E-state index contributed by atoms with van der Waals surface area (Å²) >= 11 is 0. The lowest BCUT2D eigenvalue weighted by atomic mass is 10.1. The standard InChI is InChI=1S/C15H13F3N2O3S/c1-3-24(22,23)13-6-10(8-20-14(13)9(2)21)12-7-11(4-5-19-12)15(16,17)18/h4-8H,3H2,1-2H3. The maximum Gasteiger partial charge on any atom is 0.416 e. The number of carbonyl (C=O) groups excluding carboxylic acids is 1. The Morgan fingerprint density at radius 3 is 2.42 bits per heavy atom. The Hall–Kier alpha value is -2.29. The molecule has 2 aromatic rings. The zero-order valence-corrected chi connectivity index (χ0v) is 13.6. The third-order valence-electron chi connectivity index (χ3n) is 3.28. The molecule has 0 aliphatic heterocycles. The van der Waals surface area contributed by atoms with Crippen molar-refractivity contribution in [1.82, 2.24) is 9.97 Å². The van der Waals surface area contributed by atoms with Crippen LogP contribution in [0.4, 0.5) is 13.2 Å². The molecule has 0 fully saturated rings. The molecular weight excluding hydrogens is 345 g/mol. The van der Waals surface area contributed by atoms with Crippen molar-refractivity contribution < 1.29 is 26.4 Å². The SMILES string of the molecule is CCS(=O)(=O)c1cc(-c2cc(C(F)(F)F)ccn2)cnc1C(C)=O. The van der Waals surface area contributed by atoms with Crippen LogP contribution in [0.15, 0.2) is 35.5 Å². The minimum atomic E-state index is -4.55. The molecule has 2 heterocycles. The summed E-state index contributed by atoms with van der Waals surface area (Å²) in [5.41, 5.74) is -1.16. The predicted octanol–water partition coefficient (Wildman–Crippen LogP) is 3.16. The van der Waals surface area contributed by atoms with E-state index in [1.165, 1.54) is 13.8 Å². The first-order valence-corrected chi connectivity index (χ1v) is 8.49. The number of carbonyl (C=O) groups is 1. The van der Waals surface area contributed by atoms with Crippen LogP contribution in [-0.2, 0) is 16.0 Å². The number of rotatable bonds is 4. The molecule has 0 amide bonds. The number of nitrogens with zero attached hydrogens (tertiary/aromatic N) is 2. The molecule has 0 saturated carbocycles. The second kappa shape index (κ2) is 6.31. The van der Waals surface area contributed by atoms with Crippen LogP contribution in [0.3, 0.4) is 0 Å². The summed E-state index contributed by atoms with van der Waals surface area (Å²) in [4.78, 5) is 18.9. The van der Waals surface area contributed by atoms with Gasteiger partial charge in [0.2, 0.25) is 0 Å². The summed E-state index contributed by atoms with van der Waals surface area (Å²) in [5.74, 6) is -0.820. The second-order valence-corrected chi connectivity index (χ2v) is 7.20. The molecule has 0 radical (unpaired) electrons. The summed E-state index contributed by atoms with van der Waals surface area (Å²) in [6.45, 7) is 2.56. The molecule has 0 aromatic carbocycles. The van der Waals surface area contributed by atoms with Crippen molar-refractivity contribution in [3.63, 3.8) is 0 Å². The first kappa shape index (κ1) is 18.1. The third kappa shape index (κ3) is 3.61. The number of hydrogen-bond donors (Lipinski definition) is 0. The molecule has 2 aromatic heterocycles. The normalized spacial score (nSPS) is 12.2. The number of ketones is 1. The highest BCUT2D eigenvalue weighted by atomic mass is 32.2. The Balaban J connectivity index is 2.66. The Morgan fingerprint density at radius 2 is 1.88 bits per heavy atom. The van der Waals surface area contributed by atoms with Crippen molar-refractivity contribution in [3.05, 3.63) is 41.9 Å². The topological polar surface area (TPSA) is 77.0 Å². The van der Waals surface area contributed by atoms with Crippen LogP contribution in [0.5, 0.6) is 0 Å². The van der Waals surface area contributed by atoms with Gasteiger partial charge >= 0.3 is 6.18 Å². The smallest absolute Gasteiger partial charge is 0.293 e. The minimum Gasteiger partial charge on any atom is -0.293 e. The second-order valence-electron chi connectivity index (χ2n) is 4.96. The van der Waals surface area contributed by atoms with Crippen LogP contribution < -0.4 is 0 Å². The number of halogens is 3. The maximum atomic E-state index is 12.8. The van der Waals surface area contributed by atoms with Crippen molar-refractivity contribution in [1.29, 1.82) is 0 Å². The van der Waals surface area contributed by atoms with E-state index in [0.717, 1.165) is 30.6 Å². The zero-order chi connectivity index (χ0) is 18.1. The quantitative estimate of drug-likeness (QED) is 0.785. The van der Waals surface area contributed by atoms with E-state index in [0.29, 0.717) is 0 Å². The van der Waals surface area contributed by atoms with E-state index in [-0.39, 0.29) is 27.6 Å². The van der Waals surface area contributed by atoms with Gasteiger partial charge in [-0.15, -0.1) is 0 Å². The van der Waals surface area contributed by atoms with Gasteiger partial charge in [-0.3, -0.25) is 14.8 Å². The number of alkyl halides is 3. The predicted molar refractivity (Wildman–Crippen MR) is 80.2 cm³/mol. The number of hydrogen-bond acceptors (Lipinski definition) is 5. The van der Waals surface area contributed by atoms with Gasteiger partial charge < -0.3 is 0 Å². The lowest BCUT2D eigenvalue weighted by molar-refractivity contribution is -0.137. The summed E-state index contributed by atoms with van der Waals surface area (Å²) in [6, 6.07) is 2.74. The molecule has 0 N–H and O–H groups in total. The van der Waals surface area contributed by atoms with Crippen molar-refractivity contribution in [2.24, 2.45) is 0 Å². The minimum absolute atomic E-state index is 0.0816. The van der Waals surface area contributed by atoms with E-state index in [1.54, 1.807) is 0 Å². The highest BCUT2D eigenvalue weighted by molar-refractivity contribution is 7.91. The largest absolute Gasteiger partial charge is 0.416 e. The van der Waals surface area contributed by atoms with Crippen molar-refractivity contribution in [2.75, 3.05) is 5.75 Å². The molecule has 24 heavy (non-hydrogen) atoms. The van der Waals surface area contributed by atoms with Crippen LogP contribution in [0.1, 0.15) is 29.9 Å². The first-order valence-electron chi connectivity index (χ1n) is 6.83. The fourth-order valence-corrected chi connectivity index (χ4v) is 3.11. The van der Waals surface area contributed by atoms with Gasteiger partial charge in [-0.05, 0) is 18.2 Å². The van der Waals surface area contributed by atoms with Crippen LogP contribution in [-0.4, -0.2) is 29.9 Å². The lowest BCUT2D eigenvalue weighted by Crippen LogP contribution is -2.12. The van der Waals surface area contributed by atoms with Gasteiger partial charge in [-0.2, -0.15) is 13.2 Å². The van der Waals surface area contributed by atoms with Gasteiger partial charge in [0.1, 0.15) is 5.69 Å². The average molecular weight is 358 g/mol. The zero-order valence-electron chi connectivity index (χ0n) is 12.8. The number of pyridine rings is 2. The van der Waals surface area contributed by atoms with Crippen LogP contribution in [0.2, 0.25) is 0 Å². The number of aromatic nitrogens is 2. The van der Waals surface area contributed by atoms with E-state index in [1.807, 2.05) is 0 Å². The Labute approximate surface area is 136 Å². The Bertz CT molecular complexity index is 893. The summed E-state index contributed by atoms with van der Waals surface area (Å²) in [7, 11) is -3.78. The molecule has 0 saturated heterocycles. The van der Waals surface area contributed by atoms with E-state index in [9.17, 15) is 26.4 Å². The lowest BCUT2D eigenvalue weighted by Gasteiger charge is -2.10. The summed E-state index contributed by atoms with van der Waals surface area (Å²) in [6.07, 6.45) is -2.44. The number of sulfone groups is 1. The molecule has 0 bridgehead atoms. The van der Waals surface area contributed by atoms with Gasteiger partial charge in [0.05, 0.1) is 21.9 Å². The molecule has 0 aliphatic rings. The number of Topliss-reactive ketones (excluding diaryl/α,β-unsaturated/α-hetero) is 1. The fourth-order valence-electron chi connectivity index (χ4n) is 2.01. The molecule has 0 aliphatic carbocycles. The maximum absolute atomic E-state index is 12.8. The molecular formula is C15H13F3N2O3S. The van der Waals surface area contributed by atoms with Gasteiger partial charge in [-0.25, -0.2) is 8.42 Å². The molecule has 128 valence electrons. The molecule has 5 nitrogen and oxygen atoms in total. The highest BCUT2D eigenvalue weighted by Crippen LogP contribution is 2.31. The van der Waals surface area contributed by atoms with Gasteiger partial charge in [-0.1, -0.05) is 6.92 Å². The van der Waals surface area contributed by atoms with Crippen molar-refractivity contribution in [2.45, 2.75) is 24.9 Å². The molecule has 0 spiro atoms. The van der Waals surface area contributed by atoms with Crippen LogP contribution >= 0.6 is 0 Å². The Kier molecular flexibility index (Phi) is 4.75. The average Bonchev–Trinajstić information content (AvgIpc) is 2.53. The van der Waals surface area contributed by atoms with Gasteiger partial charge in [0.15, 0.2) is 15.6 Å². The molecule has 0 unspecified atom stereocenters. The Morgan fingerprint density at radius 1 is 1.21 bits per heavy atom. The van der Waals surface area contributed by atoms with E-state index >= 15 is 0 Å².